The first-order valence-electron chi connectivity index (χ1n) is 4.80. The molecule has 1 heterocycles. The molecule has 1 N–H and O–H groups in total. The third kappa shape index (κ3) is 2.49. The summed E-state index contributed by atoms with van der Waals surface area (Å²) in [6.07, 6.45) is 1.56. The minimum atomic E-state index is -0.243. The summed E-state index contributed by atoms with van der Waals surface area (Å²) in [4.78, 5) is 4.10. The Bertz CT molecular complexity index is 497. The molecule has 2 rings (SSSR count). The van der Waals surface area contributed by atoms with Crippen LogP contribution in [-0.2, 0) is 0 Å². The molecule has 4 heteroatoms. The smallest absolute Gasteiger partial charge is 0.130 e. The van der Waals surface area contributed by atoms with Gasteiger partial charge in [0, 0.05) is 11.9 Å². The molecule has 0 spiro atoms. The third-order valence-corrected chi connectivity index (χ3v) is 2.40. The second-order valence-corrected chi connectivity index (χ2v) is 3.88. The van der Waals surface area contributed by atoms with Crippen molar-refractivity contribution < 1.29 is 4.39 Å². The summed E-state index contributed by atoms with van der Waals surface area (Å²) < 4.78 is 12.9. The molecule has 0 aliphatic carbocycles. The topological polar surface area (TPSA) is 24.9 Å². The largest absolute Gasteiger partial charge is 0.340 e. The van der Waals surface area contributed by atoms with Gasteiger partial charge in [-0.15, -0.1) is 0 Å². The van der Waals surface area contributed by atoms with Crippen molar-refractivity contribution in [2.24, 2.45) is 0 Å². The standard InChI is InChI=1S/C12H10ClFN2/c1-8-6-10(14)3-4-11(8)16-12-5-2-9(13)7-15-12/h2-7H,1H3,(H,15,16). The first-order chi connectivity index (χ1) is 7.65. The highest BCUT2D eigenvalue weighted by Crippen LogP contribution is 2.20. The van der Waals surface area contributed by atoms with Gasteiger partial charge in [0.25, 0.3) is 0 Å². The van der Waals surface area contributed by atoms with E-state index in [1.165, 1.54) is 12.1 Å². The molecule has 2 nitrogen and oxygen atoms in total. The average molecular weight is 237 g/mol. The molecule has 1 aromatic carbocycles. The number of hydrogen-bond donors (Lipinski definition) is 1. The summed E-state index contributed by atoms with van der Waals surface area (Å²) in [5, 5.41) is 3.67. The Labute approximate surface area is 98.1 Å². The first kappa shape index (κ1) is 10.9. The number of benzene rings is 1. The quantitative estimate of drug-likeness (QED) is 0.855. The van der Waals surface area contributed by atoms with E-state index in [1.807, 2.05) is 6.92 Å². The van der Waals surface area contributed by atoms with Crippen molar-refractivity contribution in [1.29, 1.82) is 0 Å². The number of nitrogens with one attached hydrogen (secondary N) is 1. The number of aryl methyl sites for hydroxylation is 1. The van der Waals surface area contributed by atoms with E-state index in [4.69, 9.17) is 11.6 Å². The first-order valence-corrected chi connectivity index (χ1v) is 5.18. The van der Waals surface area contributed by atoms with Gasteiger partial charge in [0.05, 0.1) is 5.02 Å². The Kier molecular flexibility index (Phi) is 3.06. The highest BCUT2D eigenvalue weighted by Gasteiger charge is 2.01. The molecular formula is C12H10ClFN2. The maximum Gasteiger partial charge on any atom is 0.130 e. The fourth-order valence-electron chi connectivity index (χ4n) is 1.36. The highest BCUT2D eigenvalue weighted by molar-refractivity contribution is 6.30. The van der Waals surface area contributed by atoms with E-state index in [2.05, 4.69) is 10.3 Å². The molecule has 0 radical (unpaired) electrons. The lowest BCUT2D eigenvalue weighted by Crippen LogP contribution is -1.95. The zero-order chi connectivity index (χ0) is 11.5. The van der Waals surface area contributed by atoms with Crippen molar-refractivity contribution in [3.63, 3.8) is 0 Å². The van der Waals surface area contributed by atoms with E-state index in [1.54, 1.807) is 24.4 Å². The van der Waals surface area contributed by atoms with Gasteiger partial charge in [-0.1, -0.05) is 11.6 Å². The molecule has 0 atom stereocenters. The van der Waals surface area contributed by atoms with Crippen molar-refractivity contribution in [2.75, 3.05) is 5.32 Å². The Hall–Kier alpha value is -1.61. The van der Waals surface area contributed by atoms with E-state index in [-0.39, 0.29) is 5.82 Å². The number of hydrogen-bond acceptors (Lipinski definition) is 2. The lowest BCUT2D eigenvalue weighted by molar-refractivity contribution is 0.627. The van der Waals surface area contributed by atoms with E-state index < -0.39 is 0 Å². The second-order valence-electron chi connectivity index (χ2n) is 3.45. The van der Waals surface area contributed by atoms with Crippen LogP contribution in [0.4, 0.5) is 15.9 Å². The summed E-state index contributed by atoms with van der Waals surface area (Å²) in [6.45, 7) is 1.83. The normalized spacial score (nSPS) is 10.2. The average Bonchev–Trinajstić information content (AvgIpc) is 2.25. The molecule has 0 fully saturated rings. The zero-order valence-electron chi connectivity index (χ0n) is 8.67. The number of anilines is 2. The molecule has 16 heavy (non-hydrogen) atoms. The molecule has 0 saturated heterocycles. The molecule has 0 unspecified atom stereocenters. The maximum atomic E-state index is 12.9. The lowest BCUT2D eigenvalue weighted by Gasteiger charge is -2.08. The number of halogens is 2. The van der Waals surface area contributed by atoms with Gasteiger partial charge < -0.3 is 5.32 Å². The molecule has 0 bridgehead atoms. The predicted octanol–water partition coefficient (Wildman–Crippen LogP) is 3.93. The van der Waals surface area contributed by atoms with Crippen LogP contribution in [0.2, 0.25) is 5.02 Å². The van der Waals surface area contributed by atoms with Crippen molar-refractivity contribution in [3.05, 3.63) is 52.9 Å². The van der Waals surface area contributed by atoms with Crippen LogP contribution in [0, 0.1) is 12.7 Å². The predicted molar refractivity (Wildman–Crippen MR) is 63.7 cm³/mol. The maximum absolute atomic E-state index is 12.9. The van der Waals surface area contributed by atoms with Gasteiger partial charge in [-0.25, -0.2) is 9.37 Å². The van der Waals surface area contributed by atoms with Gasteiger partial charge in [-0.05, 0) is 42.8 Å². The molecule has 0 aliphatic heterocycles. The summed E-state index contributed by atoms with van der Waals surface area (Å²) in [5.41, 5.74) is 1.66. The fraction of sp³-hybridized carbons (Fsp3) is 0.0833. The number of pyridine rings is 1. The van der Waals surface area contributed by atoms with Crippen LogP contribution in [0.25, 0.3) is 0 Å². The summed E-state index contributed by atoms with van der Waals surface area (Å²) in [5.74, 6) is 0.436. The van der Waals surface area contributed by atoms with Crippen LogP contribution < -0.4 is 5.32 Å². The molecule has 1 aromatic heterocycles. The fourth-order valence-corrected chi connectivity index (χ4v) is 1.47. The minimum Gasteiger partial charge on any atom is -0.340 e. The third-order valence-electron chi connectivity index (χ3n) is 2.18. The summed E-state index contributed by atoms with van der Waals surface area (Å²) in [7, 11) is 0. The van der Waals surface area contributed by atoms with Gasteiger partial charge in [0.1, 0.15) is 11.6 Å². The van der Waals surface area contributed by atoms with E-state index >= 15 is 0 Å². The molecule has 82 valence electrons. The van der Waals surface area contributed by atoms with Crippen molar-refractivity contribution in [1.82, 2.24) is 4.98 Å². The van der Waals surface area contributed by atoms with Crippen LogP contribution in [0.1, 0.15) is 5.56 Å². The zero-order valence-corrected chi connectivity index (χ0v) is 9.42. The van der Waals surface area contributed by atoms with Crippen LogP contribution >= 0.6 is 11.6 Å². The van der Waals surface area contributed by atoms with Gasteiger partial charge in [-0.3, -0.25) is 0 Å². The van der Waals surface area contributed by atoms with E-state index in [0.29, 0.717) is 10.8 Å². The van der Waals surface area contributed by atoms with Crippen molar-refractivity contribution in [3.8, 4) is 0 Å². The summed E-state index contributed by atoms with van der Waals surface area (Å²) in [6, 6.07) is 8.07. The van der Waals surface area contributed by atoms with Crippen molar-refractivity contribution >= 4 is 23.1 Å². The lowest BCUT2D eigenvalue weighted by atomic mass is 10.2. The number of aromatic nitrogens is 1. The van der Waals surface area contributed by atoms with Crippen LogP contribution in [0.3, 0.4) is 0 Å². The highest BCUT2D eigenvalue weighted by atomic mass is 35.5. The van der Waals surface area contributed by atoms with Gasteiger partial charge in [-0.2, -0.15) is 0 Å². The molecule has 0 amide bonds. The van der Waals surface area contributed by atoms with Gasteiger partial charge >= 0.3 is 0 Å². The Morgan fingerprint density at radius 3 is 2.69 bits per heavy atom. The van der Waals surface area contributed by atoms with Gasteiger partial charge in [0.15, 0.2) is 0 Å². The number of nitrogens with zero attached hydrogens (tertiary/aromatic N) is 1. The van der Waals surface area contributed by atoms with E-state index in [9.17, 15) is 4.39 Å². The molecule has 0 aliphatic rings. The van der Waals surface area contributed by atoms with Crippen molar-refractivity contribution in [2.45, 2.75) is 6.92 Å². The molecule has 0 saturated carbocycles. The van der Waals surface area contributed by atoms with E-state index in [0.717, 1.165) is 11.3 Å². The molecular weight excluding hydrogens is 227 g/mol. The van der Waals surface area contributed by atoms with Crippen LogP contribution in [0.15, 0.2) is 36.5 Å². The monoisotopic (exact) mass is 236 g/mol. The minimum absolute atomic E-state index is 0.243. The second kappa shape index (κ2) is 4.49. The van der Waals surface area contributed by atoms with Crippen LogP contribution in [-0.4, -0.2) is 4.98 Å². The van der Waals surface area contributed by atoms with Gasteiger partial charge in [0.2, 0.25) is 0 Å². The van der Waals surface area contributed by atoms with Crippen LogP contribution in [0.5, 0.6) is 0 Å². The SMILES string of the molecule is Cc1cc(F)ccc1Nc1ccc(Cl)cn1. The molecule has 2 aromatic rings. The Morgan fingerprint density at radius 1 is 1.25 bits per heavy atom. The number of rotatable bonds is 2. The summed E-state index contributed by atoms with van der Waals surface area (Å²) >= 11 is 5.73. The Balaban J connectivity index is 2.23. The Morgan fingerprint density at radius 2 is 2.06 bits per heavy atom.